The number of aryl methyl sites for hydroxylation is 2. The van der Waals surface area contributed by atoms with Crippen molar-refractivity contribution in [1.29, 1.82) is 5.26 Å². The highest BCUT2D eigenvalue weighted by atomic mass is 16.5. The van der Waals surface area contributed by atoms with Crippen molar-refractivity contribution in [2.24, 2.45) is 0 Å². The van der Waals surface area contributed by atoms with E-state index in [4.69, 9.17) is 10.00 Å². The number of aromatic nitrogens is 3. The second-order valence-electron chi connectivity index (χ2n) is 5.22. The minimum absolute atomic E-state index is 0.315. The summed E-state index contributed by atoms with van der Waals surface area (Å²) in [4.78, 5) is 0. The Morgan fingerprint density at radius 3 is 2.86 bits per heavy atom. The number of unbranched alkanes of at least 4 members (excludes halogenated alkanes) is 2. The van der Waals surface area contributed by atoms with Gasteiger partial charge in [0.05, 0.1) is 0 Å². The molecule has 0 saturated heterocycles. The van der Waals surface area contributed by atoms with E-state index in [0.717, 1.165) is 43.7 Å². The molecule has 0 amide bonds. The van der Waals surface area contributed by atoms with E-state index in [1.165, 1.54) is 5.56 Å². The highest BCUT2D eigenvalue weighted by Gasteiger charge is 2.13. The van der Waals surface area contributed by atoms with Crippen LogP contribution in [0, 0.1) is 11.3 Å². The topological polar surface area (TPSA) is 63.7 Å². The van der Waals surface area contributed by atoms with Gasteiger partial charge in [0.1, 0.15) is 24.1 Å². The van der Waals surface area contributed by atoms with E-state index in [2.05, 4.69) is 36.3 Å². The van der Waals surface area contributed by atoms with Crippen molar-refractivity contribution < 1.29 is 4.74 Å². The average Bonchev–Trinajstić information content (AvgIpc) is 2.95. The summed E-state index contributed by atoms with van der Waals surface area (Å²) >= 11 is 0. The maximum absolute atomic E-state index is 9.16. The predicted octanol–water partition coefficient (Wildman–Crippen LogP) is 3.48. The van der Waals surface area contributed by atoms with Gasteiger partial charge in [0.2, 0.25) is 0 Å². The molecule has 0 N–H and O–H groups in total. The summed E-state index contributed by atoms with van der Waals surface area (Å²) in [5.74, 6) is 0.810. The maximum Gasteiger partial charge on any atom is 0.189 e. The Hall–Kier alpha value is -2.35. The molecule has 0 fully saturated rings. The lowest BCUT2D eigenvalue weighted by Crippen LogP contribution is -2.09. The van der Waals surface area contributed by atoms with Crippen molar-refractivity contribution in [3.05, 3.63) is 41.2 Å². The zero-order chi connectivity index (χ0) is 15.8. The molecule has 1 aromatic heterocycles. The van der Waals surface area contributed by atoms with E-state index in [9.17, 15) is 0 Å². The number of rotatable bonds is 8. The van der Waals surface area contributed by atoms with Crippen molar-refractivity contribution in [3.63, 3.8) is 0 Å². The van der Waals surface area contributed by atoms with E-state index >= 15 is 0 Å². The third-order valence-corrected chi connectivity index (χ3v) is 3.60. The number of hydrogen-bond acceptors (Lipinski definition) is 4. The van der Waals surface area contributed by atoms with Gasteiger partial charge in [-0.1, -0.05) is 44.0 Å². The molecule has 0 atom stereocenters. The Balaban J connectivity index is 2.07. The van der Waals surface area contributed by atoms with Gasteiger partial charge >= 0.3 is 0 Å². The molecule has 0 saturated carbocycles. The molecule has 2 aromatic rings. The van der Waals surface area contributed by atoms with E-state index in [1.807, 2.05) is 18.2 Å². The van der Waals surface area contributed by atoms with Crippen molar-refractivity contribution in [2.45, 2.75) is 52.7 Å². The van der Waals surface area contributed by atoms with Gasteiger partial charge in [-0.2, -0.15) is 5.26 Å². The highest BCUT2D eigenvalue weighted by Crippen LogP contribution is 2.16. The van der Waals surface area contributed by atoms with Crippen LogP contribution in [0.2, 0.25) is 0 Å². The van der Waals surface area contributed by atoms with Crippen LogP contribution in [0.3, 0.4) is 0 Å². The van der Waals surface area contributed by atoms with Crippen LogP contribution in [0.25, 0.3) is 0 Å². The average molecular weight is 298 g/mol. The van der Waals surface area contributed by atoms with Crippen molar-refractivity contribution >= 4 is 0 Å². The normalized spacial score (nSPS) is 10.4. The van der Waals surface area contributed by atoms with Crippen LogP contribution in [0.15, 0.2) is 24.3 Å². The van der Waals surface area contributed by atoms with Crippen molar-refractivity contribution in [3.8, 4) is 11.8 Å². The van der Waals surface area contributed by atoms with Gasteiger partial charge < -0.3 is 4.74 Å². The van der Waals surface area contributed by atoms with Crippen LogP contribution in [-0.4, -0.2) is 15.0 Å². The summed E-state index contributed by atoms with van der Waals surface area (Å²) in [5.41, 5.74) is 2.33. The van der Waals surface area contributed by atoms with Crippen molar-refractivity contribution in [2.75, 3.05) is 0 Å². The molecule has 0 bridgehead atoms. The third-order valence-electron chi connectivity index (χ3n) is 3.60. The fourth-order valence-electron chi connectivity index (χ4n) is 2.26. The number of ether oxygens (including phenoxy) is 1. The van der Waals surface area contributed by atoms with E-state index in [1.54, 1.807) is 4.68 Å². The van der Waals surface area contributed by atoms with Crippen LogP contribution in [0.1, 0.15) is 50.1 Å². The number of benzene rings is 1. The lowest BCUT2D eigenvalue weighted by molar-refractivity contribution is 0.290. The van der Waals surface area contributed by atoms with Gasteiger partial charge in [0.15, 0.2) is 5.69 Å². The van der Waals surface area contributed by atoms with E-state index in [0.29, 0.717) is 12.3 Å². The largest absolute Gasteiger partial charge is 0.487 e. The molecule has 0 aliphatic rings. The van der Waals surface area contributed by atoms with Crippen LogP contribution in [0.4, 0.5) is 0 Å². The number of nitriles is 1. The molecule has 5 heteroatoms. The Bertz CT molecular complexity index is 642. The standard InChI is InChI=1S/C17H22N4O/c1-3-5-6-10-21-17(16(12-18)19-20-21)13-22-15-9-7-8-14(4-2)11-15/h7-9,11H,3-6,10,13H2,1-2H3. The molecule has 0 aliphatic heterocycles. The minimum Gasteiger partial charge on any atom is -0.487 e. The molecular weight excluding hydrogens is 276 g/mol. The third kappa shape index (κ3) is 4.08. The Kier molecular flexibility index (Phi) is 5.96. The quantitative estimate of drug-likeness (QED) is 0.700. The molecule has 0 aliphatic carbocycles. The first-order chi connectivity index (χ1) is 10.8. The molecule has 22 heavy (non-hydrogen) atoms. The van der Waals surface area contributed by atoms with Gasteiger partial charge in [0.25, 0.3) is 0 Å². The maximum atomic E-state index is 9.16. The molecular formula is C17H22N4O. The molecule has 116 valence electrons. The lowest BCUT2D eigenvalue weighted by atomic mass is 10.2. The van der Waals surface area contributed by atoms with Crippen LogP contribution in [0.5, 0.6) is 5.75 Å². The second-order valence-corrected chi connectivity index (χ2v) is 5.22. The summed E-state index contributed by atoms with van der Waals surface area (Å²) in [6, 6.07) is 10.1. The SMILES string of the molecule is CCCCCn1nnc(C#N)c1COc1cccc(CC)c1. The van der Waals surface area contributed by atoms with Gasteiger partial charge in [0, 0.05) is 6.54 Å². The number of nitrogens with zero attached hydrogens (tertiary/aromatic N) is 4. The Morgan fingerprint density at radius 2 is 2.14 bits per heavy atom. The van der Waals surface area contributed by atoms with Gasteiger partial charge in [-0.3, -0.25) is 0 Å². The zero-order valence-corrected chi connectivity index (χ0v) is 13.2. The first-order valence-electron chi connectivity index (χ1n) is 7.82. The van der Waals surface area contributed by atoms with Crippen LogP contribution < -0.4 is 4.74 Å². The van der Waals surface area contributed by atoms with Gasteiger partial charge in [-0.25, -0.2) is 4.68 Å². The predicted molar refractivity (Wildman–Crippen MR) is 84.4 cm³/mol. The monoisotopic (exact) mass is 298 g/mol. The Morgan fingerprint density at radius 1 is 1.27 bits per heavy atom. The lowest BCUT2D eigenvalue weighted by Gasteiger charge is -2.09. The van der Waals surface area contributed by atoms with Gasteiger partial charge in [-0.15, -0.1) is 5.10 Å². The minimum atomic E-state index is 0.315. The molecule has 0 unspecified atom stereocenters. The summed E-state index contributed by atoms with van der Waals surface area (Å²) in [5, 5.41) is 17.2. The fraction of sp³-hybridized carbons (Fsp3) is 0.471. The molecule has 1 heterocycles. The number of hydrogen-bond donors (Lipinski definition) is 0. The second kappa shape index (κ2) is 8.18. The summed E-state index contributed by atoms with van der Waals surface area (Å²) in [6.07, 6.45) is 4.29. The molecule has 2 rings (SSSR count). The molecule has 5 nitrogen and oxygen atoms in total. The smallest absolute Gasteiger partial charge is 0.189 e. The summed E-state index contributed by atoms with van der Waals surface area (Å²) < 4.78 is 7.62. The Labute approximate surface area is 131 Å². The van der Waals surface area contributed by atoms with Gasteiger partial charge in [-0.05, 0) is 30.5 Å². The fourth-order valence-corrected chi connectivity index (χ4v) is 2.26. The van der Waals surface area contributed by atoms with Crippen LogP contribution in [-0.2, 0) is 19.6 Å². The van der Waals surface area contributed by atoms with E-state index < -0.39 is 0 Å². The summed E-state index contributed by atoms with van der Waals surface area (Å²) in [7, 11) is 0. The first-order valence-corrected chi connectivity index (χ1v) is 7.82. The zero-order valence-electron chi connectivity index (χ0n) is 13.2. The summed E-state index contributed by atoms with van der Waals surface area (Å²) in [6.45, 7) is 5.36. The molecule has 1 aromatic carbocycles. The van der Waals surface area contributed by atoms with E-state index in [-0.39, 0.29) is 0 Å². The van der Waals surface area contributed by atoms with Crippen molar-refractivity contribution in [1.82, 2.24) is 15.0 Å². The molecule has 0 spiro atoms. The first kappa shape index (κ1) is 16.0. The highest BCUT2D eigenvalue weighted by molar-refractivity contribution is 5.29. The molecule has 0 radical (unpaired) electrons. The van der Waals surface area contributed by atoms with Crippen LogP contribution >= 0.6 is 0 Å².